The Balaban J connectivity index is 0.000000545. The molecule has 192 valence electrons. The molecule has 0 aliphatic rings. The van der Waals surface area contributed by atoms with E-state index < -0.39 is 17.8 Å². The molecule has 0 bridgehead atoms. The van der Waals surface area contributed by atoms with Gasteiger partial charge in [-0.3, -0.25) is 19.6 Å². The molecule has 0 aliphatic heterocycles. The third-order valence-corrected chi connectivity index (χ3v) is 5.07. The Bertz CT molecular complexity index is 881. The minimum absolute atomic E-state index is 0.130. The number of carboxylic acid groups (broad SMARTS) is 1. The molecular formula is C26H36N2O7. The molecule has 35 heavy (non-hydrogen) atoms. The standard InChI is InChI=1S/C13H17NO3.C7H7NO2.C6H12O2/c1-3-10(4-2)13(16)17-14-12(15)11-8-6-5-7-9-11;9-7(8-10)6-4-2-1-3-5-6;1-3-5(4-2)6(7)8/h5-10H,3-4H2,1-2H3,(H,14,15);1-5,10H,(H,8,9);5H,3-4H2,1-2H3,(H,7,8). The highest BCUT2D eigenvalue weighted by molar-refractivity contribution is 5.94. The molecule has 0 radical (unpaired) electrons. The number of rotatable bonds is 8. The van der Waals surface area contributed by atoms with Crippen LogP contribution < -0.4 is 11.0 Å². The summed E-state index contributed by atoms with van der Waals surface area (Å²) in [4.78, 5) is 48.6. The lowest BCUT2D eigenvalue weighted by molar-refractivity contribution is -0.154. The summed E-state index contributed by atoms with van der Waals surface area (Å²) in [5, 5.41) is 16.6. The van der Waals surface area contributed by atoms with Gasteiger partial charge in [-0.15, -0.1) is 0 Å². The van der Waals surface area contributed by atoms with E-state index >= 15 is 0 Å². The van der Waals surface area contributed by atoms with E-state index in [-0.39, 0.29) is 17.8 Å². The fourth-order valence-corrected chi connectivity index (χ4v) is 2.74. The summed E-state index contributed by atoms with van der Waals surface area (Å²) in [5.41, 5.74) is 4.61. The monoisotopic (exact) mass is 488 g/mol. The molecule has 0 aromatic heterocycles. The number of benzene rings is 2. The van der Waals surface area contributed by atoms with E-state index in [9.17, 15) is 19.2 Å². The van der Waals surface area contributed by atoms with Gasteiger partial charge in [0.15, 0.2) is 0 Å². The van der Waals surface area contributed by atoms with Crippen molar-refractivity contribution < 1.29 is 34.3 Å². The first-order chi connectivity index (χ1) is 16.7. The van der Waals surface area contributed by atoms with E-state index in [1.54, 1.807) is 60.1 Å². The summed E-state index contributed by atoms with van der Waals surface area (Å²) in [5.74, 6) is -2.25. The molecule has 0 heterocycles. The third kappa shape index (κ3) is 12.9. The van der Waals surface area contributed by atoms with Gasteiger partial charge in [-0.25, -0.2) is 10.3 Å². The van der Waals surface area contributed by atoms with Crippen molar-refractivity contribution in [3.8, 4) is 0 Å². The molecule has 0 unspecified atom stereocenters. The molecular weight excluding hydrogens is 452 g/mol. The minimum atomic E-state index is -0.671. The molecule has 0 saturated carbocycles. The number of hydrogen-bond donors (Lipinski definition) is 4. The van der Waals surface area contributed by atoms with Crippen LogP contribution in [0.5, 0.6) is 0 Å². The zero-order valence-electron chi connectivity index (χ0n) is 20.7. The highest BCUT2D eigenvalue weighted by Crippen LogP contribution is 2.09. The Morgan fingerprint density at radius 1 is 0.714 bits per heavy atom. The lowest BCUT2D eigenvalue weighted by Crippen LogP contribution is -2.30. The van der Waals surface area contributed by atoms with Crippen LogP contribution in [0.3, 0.4) is 0 Å². The number of hydroxylamine groups is 2. The van der Waals surface area contributed by atoms with Gasteiger partial charge >= 0.3 is 11.9 Å². The zero-order chi connectivity index (χ0) is 26.6. The molecule has 0 aliphatic carbocycles. The number of hydrogen-bond acceptors (Lipinski definition) is 6. The Labute approximate surface area is 206 Å². The van der Waals surface area contributed by atoms with Crippen molar-refractivity contribution in [2.45, 2.75) is 53.4 Å². The smallest absolute Gasteiger partial charge is 0.335 e. The predicted molar refractivity (Wildman–Crippen MR) is 131 cm³/mol. The number of carbonyl (C=O) groups excluding carboxylic acids is 3. The molecule has 0 spiro atoms. The van der Waals surface area contributed by atoms with Crippen LogP contribution in [0.2, 0.25) is 0 Å². The normalized spacial score (nSPS) is 9.69. The van der Waals surface area contributed by atoms with Crippen LogP contribution in [-0.4, -0.2) is 34.1 Å². The maximum atomic E-state index is 11.6. The van der Waals surface area contributed by atoms with Crippen LogP contribution in [0.4, 0.5) is 0 Å². The number of amides is 2. The van der Waals surface area contributed by atoms with E-state index in [1.807, 2.05) is 33.8 Å². The SMILES string of the molecule is CCC(CC)C(=O)O.CCC(CC)C(=O)ONC(=O)c1ccccc1.O=C(NO)c1ccccc1. The third-order valence-electron chi connectivity index (χ3n) is 5.07. The second-order valence-corrected chi connectivity index (χ2v) is 7.39. The molecule has 2 aromatic rings. The van der Waals surface area contributed by atoms with Crippen molar-refractivity contribution in [3.63, 3.8) is 0 Å². The predicted octanol–water partition coefficient (Wildman–Crippen LogP) is 4.62. The second kappa shape index (κ2) is 18.7. The molecule has 9 heteroatoms. The molecule has 0 fully saturated rings. The van der Waals surface area contributed by atoms with Gasteiger partial charge in [-0.05, 0) is 49.9 Å². The fraction of sp³-hybridized carbons (Fsp3) is 0.385. The van der Waals surface area contributed by atoms with Crippen LogP contribution >= 0.6 is 0 Å². The van der Waals surface area contributed by atoms with Gasteiger partial charge < -0.3 is 9.94 Å². The maximum Gasteiger partial charge on any atom is 0.335 e. The van der Waals surface area contributed by atoms with E-state index in [0.29, 0.717) is 24.0 Å². The molecule has 2 aromatic carbocycles. The average Bonchev–Trinajstić information content (AvgIpc) is 2.89. The summed E-state index contributed by atoms with van der Waals surface area (Å²) < 4.78 is 0. The van der Waals surface area contributed by atoms with Gasteiger partial charge in [0.05, 0.1) is 11.8 Å². The van der Waals surface area contributed by atoms with E-state index in [4.69, 9.17) is 15.2 Å². The molecule has 0 atom stereocenters. The van der Waals surface area contributed by atoms with E-state index in [1.165, 1.54) is 0 Å². The molecule has 2 rings (SSSR count). The Morgan fingerprint density at radius 2 is 1.11 bits per heavy atom. The summed E-state index contributed by atoms with van der Waals surface area (Å²) in [6.45, 7) is 7.60. The Morgan fingerprint density at radius 3 is 1.43 bits per heavy atom. The van der Waals surface area contributed by atoms with Gasteiger partial charge in [-0.1, -0.05) is 64.1 Å². The average molecular weight is 489 g/mol. The summed E-state index contributed by atoms with van der Waals surface area (Å²) in [6.07, 6.45) is 2.89. The van der Waals surface area contributed by atoms with Crippen LogP contribution in [0, 0.1) is 11.8 Å². The van der Waals surface area contributed by atoms with Crippen molar-refractivity contribution in [1.82, 2.24) is 11.0 Å². The first-order valence-corrected chi connectivity index (χ1v) is 11.5. The highest BCUT2D eigenvalue weighted by Gasteiger charge is 2.17. The number of nitrogens with one attached hydrogen (secondary N) is 2. The van der Waals surface area contributed by atoms with Crippen molar-refractivity contribution in [3.05, 3.63) is 71.8 Å². The summed E-state index contributed by atoms with van der Waals surface area (Å²) in [7, 11) is 0. The lowest BCUT2D eigenvalue weighted by Gasteiger charge is -2.11. The number of aliphatic carboxylic acids is 1. The largest absolute Gasteiger partial charge is 0.481 e. The van der Waals surface area contributed by atoms with Gasteiger partial charge in [0.1, 0.15) is 0 Å². The van der Waals surface area contributed by atoms with Crippen LogP contribution in [0.25, 0.3) is 0 Å². The van der Waals surface area contributed by atoms with Crippen molar-refractivity contribution in [2.75, 3.05) is 0 Å². The zero-order valence-corrected chi connectivity index (χ0v) is 20.7. The van der Waals surface area contributed by atoms with E-state index in [2.05, 4.69) is 5.48 Å². The van der Waals surface area contributed by atoms with E-state index in [0.717, 1.165) is 12.8 Å². The van der Waals surface area contributed by atoms with Gasteiger partial charge in [-0.2, -0.15) is 5.48 Å². The van der Waals surface area contributed by atoms with Crippen LogP contribution in [0.1, 0.15) is 74.1 Å². The van der Waals surface area contributed by atoms with Crippen molar-refractivity contribution in [1.29, 1.82) is 0 Å². The quantitative estimate of drug-likeness (QED) is 0.314. The molecule has 2 amide bonds. The Hall–Kier alpha value is -3.72. The molecule has 0 saturated heterocycles. The molecule has 4 N–H and O–H groups in total. The van der Waals surface area contributed by atoms with Gasteiger partial charge in [0.25, 0.3) is 11.8 Å². The van der Waals surface area contributed by atoms with Crippen LogP contribution in [-0.2, 0) is 14.4 Å². The van der Waals surface area contributed by atoms with Crippen LogP contribution in [0.15, 0.2) is 60.7 Å². The lowest BCUT2D eigenvalue weighted by atomic mass is 10.0. The number of carboxylic acids is 1. The van der Waals surface area contributed by atoms with Crippen molar-refractivity contribution in [2.24, 2.45) is 11.8 Å². The minimum Gasteiger partial charge on any atom is -0.481 e. The molecule has 9 nitrogen and oxygen atoms in total. The first-order valence-electron chi connectivity index (χ1n) is 11.5. The first kappa shape index (κ1) is 31.3. The topological polar surface area (TPSA) is 142 Å². The second-order valence-electron chi connectivity index (χ2n) is 7.39. The van der Waals surface area contributed by atoms with Gasteiger partial charge in [0, 0.05) is 11.1 Å². The Kier molecular flexibility index (Phi) is 16.7. The summed E-state index contributed by atoms with van der Waals surface area (Å²) >= 11 is 0. The van der Waals surface area contributed by atoms with Crippen molar-refractivity contribution >= 4 is 23.8 Å². The summed E-state index contributed by atoms with van der Waals surface area (Å²) in [6, 6.07) is 17.1. The maximum absolute atomic E-state index is 11.6. The van der Waals surface area contributed by atoms with Gasteiger partial charge in [0.2, 0.25) is 0 Å². The number of carbonyl (C=O) groups is 4. The fourth-order valence-electron chi connectivity index (χ4n) is 2.74. The highest BCUT2D eigenvalue weighted by atomic mass is 16.7.